The summed E-state index contributed by atoms with van der Waals surface area (Å²) in [7, 11) is 1.67. The minimum Gasteiger partial charge on any atom is -0.493 e. The average molecular weight is 373 g/mol. The molecule has 5 heteroatoms. The van der Waals surface area contributed by atoms with Crippen molar-refractivity contribution in [2.45, 2.75) is 20.4 Å². The minimum atomic E-state index is 0.465. The van der Waals surface area contributed by atoms with Crippen LogP contribution < -0.4 is 19.7 Å². The number of ether oxygens (including phenoxy) is 2. The number of benzene rings is 1. The maximum absolute atomic E-state index is 5.65. The van der Waals surface area contributed by atoms with Gasteiger partial charge in [-0.05, 0) is 41.9 Å². The Bertz CT molecular complexity index is 462. The summed E-state index contributed by atoms with van der Waals surface area (Å²) in [6.45, 7) is 14.3. The Morgan fingerprint density at radius 2 is 2.05 bits per heavy atom. The molecule has 3 N–H and O–H groups in total. The van der Waals surface area contributed by atoms with Crippen molar-refractivity contribution in [1.29, 1.82) is 0 Å². The number of nitrogens with one attached hydrogen (secondary N) is 1. The summed E-state index contributed by atoms with van der Waals surface area (Å²) < 4.78 is 12.0. The molecule has 0 radical (unpaired) electrons. The Morgan fingerprint density at radius 1 is 1.32 bits per heavy atom. The number of methoxy groups -OCH3 is 1. The number of quaternary nitrogens is 2. The molecule has 1 rings (SSSR count). The summed E-state index contributed by atoms with van der Waals surface area (Å²) in [5.74, 6) is 1.49. The van der Waals surface area contributed by atoms with Crippen LogP contribution in [0, 0.1) is 0 Å². The fraction of sp³-hybridized carbons (Fsp3) is 0.529. The standard InChI is InChI=1S/C17H27BrN2O2/c1-5-10-22-17-15(18)11-14(12-16(17)21-4)13-19-8-9-20(6-2)7-3/h5,11-12,19H,1,6-10,13H2,2-4H3/p+2. The van der Waals surface area contributed by atoms with Crippen molar-refractivity contribution in [1.82, 2.24) is 0 Å². The summed E-state index contributed by atoms with van der Waals surface area (Å²) in [4.78, 5) is 1.64. The highest BCUT2D eigenvalue weighted by Crippen LogP contribution is 2.36. The van der Waals surface area contributed by atoms with Gasteiger partial charge in [-0.15, -0.1) is 0 Å². The molecular weight excluding hydrogens is 344 g/mol. The Morgan fingerprint density at radius 3 is 2.64 bits per heavy atom. The van der Waals surface area contributed by atoms with E-state index < -0.39 is 0 Å². The third-order valence-corrected chi connectivity index (χ3v) is 4.31. The lowest BCUT2D eigenvalue weighted by atomic mass is 10.2. The first-order chi connectivity index (χ1) is 10.7. The molecule has 0 aromatic heterocycles. The van der Waals surface area contributed by atoms with E-state index in [1.165, 1.54) is 25.2 Å². The molecule has 1 aromatic carbocycles. The van der Waals surface area contributed by atoms with Crippen LogP contribution in [0.1, 0.15) is 19.4 Å². The van der Waals surface area contributed by atoms with Crippen molar-refractivity contribution in [3.63, 3.8) is 0 Å². The van der Waals surface area contributed by atoms with Gasteiger partial charge in [0.15, 0.2) is 11.5 Å². The normalized spacial score (nSPS) is 10.8. The zero-order valence-corrected chi connectivity index (χ0v) is 15.5. The lowest BCUT2D eigenvalue weighted by Crippen LogP contribution is -3.14. The molecule has 0 unspecified atom stereocenters. The number of rotatable bonds is 11. The molecule has 0 heterocycles. The number of hydrogen-bond donors (Lipinski definition) is 2. The second kappa shape index (κ2) is 10.6. The van der Waals surface area contributed by atoms with Gasteiger partial charge < -0.3 is 19.7 Å². The van der Waals surface area contributed by atoms with Gasteiger partial charge in [-0.1, -0.05) is 12.7 Å². The number of likely N-dealkylation sites (N-methyl/N-ethyl adjacent to an activating group) is 1. The van der Waals surface area contributed by atoms with E-state index in [0.29, 0.717) is 6.61 Å². The molecule has 22 heavy (non-hydrogen) atoms. The van der Waals surface area contributed by atoms with E-state index in [1.54, 1.807) is 18.1 Å². The number of halogens is 1. The number of hydrogen-bond acceptors (Lipinski definition) is 2. The highest BCUT2D eigenvalue weighted by molar-refractivity contribution is 9.10. The van der Waals surface area contributed by atoms with Crippen LogP contribution in [0.2, 0.25) is 0 Å². The fourth-order valence-corrected chi connectivity index (χ4v) is 2.96. The summed E-state index contributed by atoms with van der Waals surface area (Å²) in [6.07, 6.45) is 1.73. The van der Waals surface area contributed by atoms with Crippen LogP contribution in [0.3, 0.4) is 0 Å². The molecule has 0 saturated carbocycles. The summed E-state index contributed by atoms with van der Waals surface area (Å²) in [5, 5.41) is 2.34. The molecule has 0 aliphatic heterocycles. The zero-order valence-electron chi connectivity index (χ0n) is 14.0. The van der Waals surface area contributed by atoms with E-state index in [2.05, 4.69) is 47.7 Å². The average Bonchev–Trinajstić information content (AvgIpc) is 2.53. The number of nitrogens with two attached hydrogens (primary N) is 1. The van der Waals surface area contributed by atoms with E-state index in [1.807, 2.05) is 6.07 Å². The smallest absolute Gasteiger partial charge is 0.175 e. The lowest BCUT2D eigenvalue weighted by molar-refractivity contribution is -0.910. The van der Waals surface area contributed by atoms with Crippen LogP contribution in [-0.2, 0) is 6.54 Å². The summed E-state index contributed by atoms with van der Waals surface area (Å²) >= 11 is 3.57. The van der Waals surface area contributed by atoms with Crippen molar-refractivity contribution in [3.05, 3.63) is 34.8 Å². The van der Waals surface area contributed by atoms with Gasteiger partial charge in [-0.2, -0.15) is 0 Å². The largest absolute Gasteiger partial charge is 0.493 e. The molecule has 0 fully saturated rings. The van der Waals surface area contributed by atoms with E-state index in [-0.39, 0.29) is 0 Å². The molecule has 0 spiro atoms. The highest BCUT2D eigenvalue weighted by Gasteiger charge is 2.12. The lowest BCUT2D eigenvalue weighted by Gasteiger charge is -2.15. The molecular formula is C17H29BrN2O2+2. The maximum Gasteiger partial charge on any atom is 0.175 e. The first-order valence-corrected chi connectivity index (χ1v) is 8.70. The van der Waals surface area contributed by atoms with Gasteiger partial charge in [0.1, 0.15) is 26.2 Å². The maximum atomic E-state index is 5.65. The van der Waals surface area contributed by atoms with Crippen LogP contribution in [0.4, 0.5) is 0 Å². The third kappa shape index (κ3) is 5.99. The van der Waals surface area contributed by atoms with Gasteiger partial charge in [0.2, 0.25) is 0 Å². The second-order valence-electron chi connectivity index (χ2n) is 5.20. The van der Waals surface area contributed by atoms with E-state index >= 15 is 0 Å². The van der Waals surface area contributed by atoms with Gasteiger partial charge in [-0.25, -0.2) is 0 Å². The molecule has 0 aliphatic carbocycles. The predicted molar refractivity (Wildman–Crippen MR) is 93.8 cm³/mol. The minimum absolute atomic E-state index is 0.465. The van der Waals surface area contributed by atoms with Gasteiger partial charge in [0.05, 0.1) is 24.7 Å². The van der Waals surface area contributed by atoms with E-state index in [9.17, 15) is 0 Å². The van der Waals surface area contributed by atoms with Crippen LogP contribution in [0.25, 0.3) is 0 Å². The first kappa shape index (κ1) is 19.0. The van der Waals surface area contributed by atoms with Crippen molar-refractivity contribution in [2.24, 2.45) is 0 Å². The van der Waals surface area contributed by atoms with Crippen LogP contribution in [0.5, 0.6) is 11.5 Å². The van der Waals surface area contributed by atoms with Gasteiger partial charge in [0.25, 0.3) is 0 Å². The zero-order chi connectivity index (χ0) is 16.4. The van der Waals surface area contributed by atoms with Crippen LogP contribution in [-0.4, -0.2) is 39.9 Å². The molecule has 0 aliphatic rings. The third-order valence-electron chi connectivity index (χ3n) is 3.72. The second-order valence-corrected chi connectivity index (χ2v) is 6.05. The summed E-state index contributed by atoms with van der Waals surface area (Å²) in [5.41, 5.74) is 1.23. The predicted octanol–water partition coefficient (Wildman–Crippen LogP) is 1.01. The molecule has 1 aromatic rings. The monoisotopic (exact) mass is 372 g/mol. The van der Waals surface area contributed by atoms with Crippen molar-refractivity contribution >= 4 is 15.9 Å². The van der Waals surface area contributed by atoms with Crippen molar-refractivity contribution < 1.29 is 19.7 Å². The quantitative estimate of drug-likeness (QED) is 0.449. The van der Waals surface area contributed by atoms with Gasteiger partial charge in [-0.3, -0.25) is 0 Å². The van der Waals surface area contributed by atoms with Crippen LogP contribution >= 0.6 is 15.9 Å². The van der Waals surface area contributed by atoms with E-state index in [0.717, 1.165) is 29.1 Å². The molecule has 124 valence electrons. The first-order valence-electron chi connectivity index (χ1n) is 7.91. The topological polar surface area (TPSA) is 39.5 Å². The molecule has 0 bridgehead atoms. The SMILES string of the molecule is C=CCOc1c(Br)cc(C[NH2+]CC[NH+](CC)CC)cc1OC. The van der Waals surface area contributed by atoms with Crippen molar-refractivity contribution in [2.75, 3.05) is 39.9 Å². The van der Waals surface area contributed by atoms with E-state index in [4.69, 9.17) is 9.47 Å². The van der Waals surface area contributed by atoms with Crippen molar-refractivity contribution in [3.8, 4) is 11.5 Å². The Hall–Kier alpha value is -1.04. The molecule has 0 saturated heterocycles. The Labute approximate surface area is 142 Å². The Balaban J connectivity index is 2.60. The van der Waals surface area contributed by atoms with Gasteiger partial charge >= 0.3 is 0 Å². The molecule has 4 nitrogen and oxygen atoms in total. The molecule has 0 amide bonds. The Kier molecular flexibility index (Phi) is 9.20. The summed E-state index contributed by atoms with van der Waals surface area (Å²) in [6, 6.07) is 4.14. The highest BCUT2D eigenvalue weighted by atomic mass is 79.9. The fourth-order valence-electron chi connectivity index (χ4n) is 2.35. The van der Waals surface area contributed by atoms with Gasteiger partial charge in [0, 0.05) is 5.56 Å². The van der Waals surface area contributed by atoms with Crippen LogP contribution in [0.15, 0.2) is 29.3 Å². The molecule has 0 atom stereocenters.